The van der Waals surface area contributed by atoms with Crippen molar-refractivity contribution in [3.63, 3.8) is 0 Å². The van der Waals surface area contributed by atoms with Crippen LogP contribution in [0.15, 0.2) is 12.1 Å². The number of fused-ring (bicyclic) bond motifs is 1. The zero-order chi connectivity index (χ0) is 18.1. The molecule has 2 rings (SSSR count). The molecule has 1 aliphatic heterocycles. The number of halogens is 1. The lowest BCUT2D eigenvalue weighted by atomic mass is 9.98. The molecule has 148 valence electrons. The molecule has 0 aromatic heterocycles. The topological polar surface area (TPSA) is 64.8 Å². The van der Waals surface area contributed by atoms with Crippen LogP contribution >= 0.6 is 12.4 Å². The van der Waals surface area contributed by atoms with Crippen LogP contribution in [0.3, 0.4) is 0 Å². The van der Waals surface area contributed by atoms with E-state index in [1.807, 2.05) is 24.8 Å². The molecule has 6 heteroatoms. The Kier molecular flexibility index (Phi) is 10.4. The fraction of sp³-hybridized carbons (Fsp3) is 0.650. The average molecular weight is 385 g/mol. The Labute approximate surface area is 163 Å². The number of amides is 1. The molecular weight excluding hydrogens is 352 g/mol. The molecule has 1 aliphatic rings. The molecule has 0 fully saturated rings. The second-order valence-corrected chi connectivity index (χ2v) is 6.45. The van der Waals surface area contributed by atoms with Gasteiger partial charge in [-0.15, -0.1) is 12.4 Å². The van der Waals surface area contributed by atoms with Crippen molar-refractivity contribution in [2.24, 2.45) is 5.73 Å². The first-order chi connectivity index (χ1) is 12.2. The molecule has 1 amide bonds. The van der Waals surface area contributed by atoms with Crippen LogP contribution in [0.5, 0.6) is 11.5 Å². The number of nitrogens with zero attached hydrogens (tertiary/aromatic N) is 1. The molecule has 0 radical (unpaired) electrons. The third-order valence-corrected chi connectivity index (χ3v) is 4.58. The summed E-state index contributed by atoms with van der Waals surface area (Å²) in [6.45, 7) is 7.36. The van der Waals surface area contributed by atoms with Crippen molar-refractivity contribution >= 4 is 18.3 Å². The molecule has 5 nitrogen and oxygen atoms in total. The zero-order valence-corrected chi connectivity index (χ0v) is 16.9. The molecule has 0 aliphatic carbocycles. The predicted molar refractivity (Wildman–Crippen MR) is 107 cm³/mol. The molecule has 0 saturated heterocycles. The second kappa shape index (κ2) is 12.0. The normalized spacial score (nSPS) is 13.0. The van der Waals surface area contributed by atoms with Gasteiger partial charge in [-0.05, 0) is 62.9 Å². The van der Waals surface area contributed by atoms with Gasteiger partial charge in [-0.2, -0.15) is 0 Å². The molecule has 2 N–H and O–H groups in total. The smallest absolute Gasteiger partial charge is 0.222 e. The van der Waals surface area contributed by atoms with E-state index in [0.717, 1.165) is 56.7 Å². The van der Waals surface area contributed by atoms with Gasteiger partial charge >= 0.3 is 0 Å². The van der Waals surface area contributed by atoms with E-state index in [1.54, 1.807) is 0 Å². The van der Waals surface area contributed by atoms with Crippen LogP contribution < -0.4 is 15.2 Å². The summed E-state index contributed by atoms with van der Waals surface area (Å²) in [6, 6.07) is 4.13. The molecule has 1 heterocycles. The third-order valence-electron chi connectivity index (χ3n) is 4.58. The fourth-order valence-electron chi connectivity index (χ4n) is 3.25. The van der Waals surface area contributed by atoms with Crippen LogP contribution in [0.2, 0.25) is 0 Å². The van der Waals surface area contributed by atoms with Gasteiger partial charge in [0.1, 0.15) is 0 Å². The van der Waals surface area contributed by atoms with Crippen LogP contribution in [-0.4, -0.2) is 37.1 Å². The van der Waals surface area contributed by atoms with E-state index in [2.05, 4.69) is 6.07 Å². The van der Waals surface area contributed by atoms with Crippen molar-refractivity contribution < 1.29 is 14.3 Å². The standard InChI is InChI=1S/C20H32N2O3.ClH/c1-3-24-18-13-16-10-12-22(15-17(16)14-19(18)25-4-2)20(23)9-7-5-6-8-11-21;/h13-14H,3-12,15,21H2,1-2H3;1H. The van der Waals surface area contributed by atoms with Gasteiger partial charge < -0.3 is 20.1 Å². The van der Waals surface area contributed by atoms with E-state index in [4.69, 9.17) is 15.2 Å². The summed E-state index contributed by atoms with van der Waals surface area (Å²) in [5.41, 5.74) is 7.94. The molecule has 0 spiro atoms. The minimum absolute atomic E-state index is 0. The summed E-state index contributed by atoms with van der Waals surface area (Å²) in [6.07, 6.45) is 5.71. The highest BCUT2D eigenvalue weighted by atomic mass is 35.5. The molecule has 26 heavy (non-hydrogen) atoms. The molecule has 0 atom stereocenters. The monoisotopic (exact) mass is 384 g/mol. The summed E-state index contributed by atoms with van der Waals surface area (Å²) in [5.74, 6) is 1.84. The Hall–Kier alpha value is -1.46. The predicted octanol–water partition coefficient (Wildman–Crippen LogP) is 3.70. The van der Waals surface area contributed by atoms with E-state index in [1.165, 1.54) is 11.1 Å². The Morgan fingerprint density at radius 1 is 1.04 bits per heavy atom. The van der Waals surface area contributed by atoms with Gasteiger partial charge in [0, 0.05) is 19.5 Å². The van der Waals surface area contributed by atoms with Crippen molar-refractivity contribution in [1.82, 2.24) is 4.90 Å². The first kappa shape index (κ1) is 22.6. The van der Waals surface area contributed by atoms with Gasteiger partial charge in [-0.25, -0.2) is 0 Å². The first-order valence-electron chi connectivity index (χ1n) is 9.58. The largest absolute Gasteiger partial charge is 0.490 e. The number of nitrogens with two attached hydrogens (primary N) is 1. The van der Waals surface area contributed by atoms with Crippen LogP contribution in [0.1, 0.15) is 57.1 Å². The van der Waals surface area contributed by atoms with Crippen molar-refractivity contribution in [3.8, 4) is 11.5 Å². The average Bonchev–Trinajstić information content (AvgIpc) is 2.62. The van der Waals surface area contributed by atoms with Crippen LogP contribution in [0.4, 0.5) is 0 Å². The van der Waals surface area contributed by atoms with Gasteiger partial charge in [0.25, 0.3) is 0 Å². The lowest BCUT2D eigenvalue weighted by molar-refractivity contribution is -0.132. The number of hydrogen-bond donors (Lipinski definition) is 1. The summed E-state index contributed by atoms with van der Waals surface area (Å²) in [5, 5.41) is 0. The van der Waals surface area contributed by atoms with Gasteiger partial charge in [0.2, 0.25) is 5.91 Å². The third kappa shape index (κ3) is 6.36. The number of benzene rings is 1. The van der Waals surface area contributed by atoms with Crippen LogP contribution in [0, 0.1) is 0 Å². The lowest BCUT2D eigenvalue weighted by Gasteiger charge is -2.30. The second-order valence-electron chi connectivity index (χ2n) is 6.45. The lowest BCUT2D eigenvalue weighted by Crippen LogP contribution is -2.35. The Morgan fingerprint density at radius 2 is 1.65 bits per heavy atom. The number of carbonyl (C=O) groups is 1. The molecule has 0 saturated carbocycles. The summed E-state index contributed by atoms with van der Waals surface area (Å²) in [4.78, 5) is 14.4. The fourth-order valence-corrected chi connectivity index (χ4v) is 3.25. The summed E-state index contributed by atoms with van der Waals surface area (Å²) >= 11 is 0. The first-order valence-corrected chi connectivity index (χ1v) is 9.58. The number of unbranched alkanes of at least 4 members (excludes halogenated alkanes) is 3. The van der Waals surface area contributed by atoms with E-state index in [9.17, 15) is 4.79 Å². The minimum atomic E-state index is 0. The van der Waals surface area contributed by atoms with E-state index < -0.39 is 0 Å². The van der Waals surface area contributed by atoms with E-state index >= 15 is 0 Å². The number of ether oxygens (including phenoxy) is 2. The Bertz CT molecular complexity index is 566. The maximum absolute atomic E-state index is 12.5. The van der Waals surface area contributed by atoms with Crippen molar-refractivity contribution in [2.75, 3.05) is 26.3 Å². The van der Waals surface area contributed by atoms with Crippen molar-refractivity contribution in [3.05, 3.63) is 23.3 Å². The van der Waals surface area contributed by atoms with Crippen LogP contribution in [-0.2, 0) is 17.8 Å². The Morgan fingerprint density at radius 3 is 2.27 bits per heavy atom. The maximum atomic E-state index is 12.5. The quantitative estimate of drug-likeness (QED) is 0.624. The minimum Gasteiger partial charge on any atom is -0.490 e. The highest BCUT2D eigenvalue weighted by molar-refractivity contribution is 5.85. The summed E-state index contributed by atoms with van der Waals surface area (Å²) in [7, 11) is 0. The van der Waals surface area contributed by atoms with Crippen molar-refractivity contribution in [2.45, 2.75) is 58.9 Å². The highest BCUT2D eigenvalue weighted by Gasteiger charge is 2.22. The van der Waals surface area contributed by atoms with Gasteiger partial charge in [0.05, 0.1) is 13.2 Å². The number of carbonyl (C=O) groups excluding carboxylic acids is 1. The SMILES string of the molecule is CCOc1cc2c(cc1OCC)CN(C(=O)CCCCCCN)CC2.Cl. The van der Waals surface area contributed by atoms with E-state index in [-0.39, 0.29) is 18.3 Å². The molecular formula is C20H33ClN2O3. The van der Waals surface area contributed by atoms with Crippen LogP contribution in [0.25, 0.3) is 0 Å². The zero-order valence-electron chi connectivity index (χ0n) is 16.1. The van der Waals surface area contributed by atoms with Gasteiger partial charge in [-0.1, -0.05) is 12.8 Å². The number of hydrogen-bond acceptors (Lipinski definition) is 4. The molecule has 1 aromatic rings. The van der Waals surface area contributed by atoms with Gasteiger partial charge in [0.15, 0.2) is 11.5 Å². The molecule has 1 aromatic carbocycles. The Balaban J connectivity index is 0.00000338. The molecule has 0 unspecified atom stereocenters. The highest BCUT2D eigenvalue weighted by Crippen LogP contribution is 2.34. The molecule has 0 bridgehead atoms. The number of rotatable bonds is 10. The van der Waals surface area contributed by atoms with Crippen molar-refractivity contribution in [1.29, 1.82) is 0 Å². The van der Waals surface area contributed by atoms with E-state index in [0.29, 0.717) is 26.2 Å². The maximum Gasteiger partial charge on any atom is 0.222 e. The van der Waals surface area contributed by atoms with Gasteiger partial charge in [-0.3, -0.25) is 4.79 Å². The summed E-state index contributed by atoms with van der Waals surface area (Å²) < 4.78 is 11.4.